The zero-order valence-corrected chi connectivity index (χ0v) is 13.7. The van der Waals surface area contributed by atoms with Gasteiger partial charge in [0, 0.05) is 31.2 Å². The van der Waals surface area contributed by atoms with Gasteiger partial charge in [0.15, 0.2) is 0 Å². The van der Waals surface area contributed by atoms with Gasteiger partial charge >= 0.3 is 0 Å². The Bertz CT molecular complexity index is 320. The fraction of sp³-hybridized carbons (Fsp3) is 1.00. The number of piperazine rings is 1. The molecule has 2 unspecified atom stereocenters. The van der Waals surface area contributed by atoms with Crippen molar-refractivity contribution in [1.82, 2.24) is 15.1 Å². The summed E-state index contributed by atoms with van der Waals surface area (Å²) < 4.78 is 0. The van der Waals surface area contributed by atoms with Crippen molar-refractivity contribution in [2.45, 2.75) is 57.5 Å². The molecule has 0 aromatic heterocycles. The number of rotatable bonds is 4. The molecule has 3 aliphatic rings. The second-order valence-electron chi connectivity index (χ2n) is 7.81. The van der Waals surface area contributed by atoms with Crippen LogP contribution in [0.15, 0.2) is 0 Å². The predicted molar refractivity (Wildman–Crippen MR) is 85.0 cm³/mol. The van der Waals surface area contributed by atoms with Gasteiger partial charge in [-0.15, -0.1) is 0 Å². The lowest BCUT2D eigenvalue weighted by Crippen LogP contribution is -2.64. The van der Waals surface area contributed by atoms with E-state index in [1.807, 2.05) is 0 Å². The second-order valence-corrected chi connectivity index (χ2v) is 7.81. The molecule has 1 saturated carbocycles. The maximum atomic E-state index is 3.88. The lowest BCUT2D eigenvalue weighted by Gasteiger charge is -2.48. The van der Waals surface area contributed by atoms with E-state index in [0.717, 1.165) is 17.9 Å². The molecule has 0 bridgehead atoms. The van der Waals surface area contributed by atoms with Crippen molar-refractivity contribution in [3.8, 4) is 0 Å². The summed E-state index contributed by atoms with van der Waals surface area (Å²) in [5.41, 5.74) is 0.400. The van der Waals surface area contributed by atoms with Crippen molar-refractivity contribution in [2.75, 3.05) is 39.8 Å². The topological polar surface area (TPSA) is 18.5 Å². The molecule has 0 aromatic carbocycles. The van der Waals surface area contributed by atoms with Crippen molar-refractivity contribution >= 4 is 0 Å². The van der Waals surface area contributed by atoms with Crippen molar-refractivity contribution in [3.05, 3.63) is 0 Å². The number of nitrogens with one attached hydrogen (secondary N) is 1. The molecule has 2 aliphatic heterocycles. The van der Waals surface area contributed by atoms with Crippen LogP contribution in [0.5, 0.6) is 0 Å². The van der Waals surface area contributed by atoms with E-state index in [4.69, 9.17) is 0 Å². The lowest BCUT2D eigenvalue weighted by atomic mass is 9.88. The second kappa shape index (κ2) is 5.94. The maximum absolute atomic E-state index is 3.88. The monoisotopic (exact) mass is 279 g/mol. The average molecular weight is 279 g/mol. The molecular formula is C17H33N3. The summed E-state index contributed by atoms with van der Waals surface area (Å²) in [6, 6.07) is 0.765. The van der Waals surface area contributed by atoms with Crippen molar-refractivity contribution in [3.63, 3.8) is 0 Å². The Kier molecular flexibility index (Phi) is 4.40. The summed E-state index contributed by atoms with van der Waals surface area (Å²) in [4.78, 5) is 5.32. The fourth-order valence-corrected chi connectivity index (χ4v) is 4.27. The number of piperidine rings is 1. The van der Waals surface area contributed by atoms with Gasteiger partial charge in [-0.1, -0.05) is 6.92 Å². The van der Waals surface area contributed by atoms with Crippen LogP contribution in [0.25, 0.3) is 0 Å². The molecule has 2 saturated heterocycles. The van der Waals surface area contributed by atoms with Crippen molar-refractivity contribution < 1.29 is 0 Å². The largest absolute Gasteiger partial charge is 0.308 e. The van der Waals surface area contributed by atoms with Gasteiger partial charge in [-0.2, -0.15) is 0 Å². The predicted octanol–water partition coefficient (Wildman–Crippen LogP) is 2.18. The van der Waals surface area contributed by atoms with Crippen LogP contribution in [0.2, 0.25) is 0 Å². The Balaban J connectivity index is 1.59. The molecule has 1 aliphatic carbocycles. The van der Waals surface area contributed by atoms with E-state index in [9.17, 15) is 0 Å². The van der Waals surface area contributed by atoms with Crippen LogP contribution in [0.1, 0.15) is 46.0 Å². The first-order chi connectivity index (χ1) is 9.60. The minimum absolute atomic E-state index is 0.400. The smallest absolute Gasteiger partial charge is 0.0309 e. The first-order valence-electron chi connectivity index (χ1n) is 8.78. The Morgan fingerprint density at radius 1 is 1.15 bits per heavy atom. The van der Waals surface area contributed by atoms with Crippen molar-refractivity contribution in [2.24, 2.45) is 11.8 Å². The van der Waals surface area contributed by atoms with Crippen LogP contribution in [0.3, 0.4) is 0 Å². The first-order valence-corrected chi connectivity index (χ1v) is 8.78. The highest BCUT2D eigenvalue weighted by atomic mass is 15.3. The molecule has 20 heavy (non-hydrogen) atoms. The zero-order chi connectivity index (χ0) is 14.2. The van der Waals surface area contributed by atoms with Crippen LogP contribution in [0, 0.1) is 11.8 Å². The Labute approximate surface area is 125 Å². The minimum Gasteiger partial charge on any atom is -0.308 e. The third-order valence-electron chi connectivity index (χ3n) is 6.07. The average Bonchev–Trinajstić information content (AvgIpc) is 3.27. The van der Waals surface area contributed by atoms with Gasteiger partial charge in [-0.05, 0) is 71.0 Å². The highest BCUT2D eigenvalue weighted by molar-refractivity contribution is 5.04. The third kappa shape index (κ3) is 3.20. The van der Waals surface area contributed by atoms with E-state index in [1.165, 1.54) is 64.8 Å². The number of hydrogen-bond acceptors (Lipinski definition) is 3. The van der Waals surface area contributed by atoms with Crippen LogP contribution in [-0.4, -0.2) is 61.2 Å². The highest BCUT2D eigenvalue weighted by Crippen LogP contribution is 2.41. The van der Waals surface area contributed by atoms with Gasteiger partial charge in [0.2, 0.25) is 0 Å². The molecule has 0 aromatic rings. The molecule has 3 rings (SSSR count). The molecule has 2 atom stereocenters. The summed E-state index contributed by atoms with van der Waals surface area (Å²) in [7, 11) is 2.26. The molecular weight excluding hydrogens is 246 g/mol. The Morgan fingerprint density at radius 2 is 1.85 bits per heavy atom. The van der Waals surface area contributed by atoms with Gasteiger partial charge in [0.25, 0.3) is 0 Å². The summed E-state index contributed by atoms with van der Waals surface area (Å²) in [5.74, 6) is 1.88. The Hall–Kier alpha value is -0.120. The molecule has 0 spiro atoms. The molecule has 2 heterocycles. The van der Waals surface area contributed by atoms with Gasteiger partial charge in [-0.25, -0.2) is 0 Å². The highest BCUT2D eigenvalue weighted by Gasteiger charge is 2.45. The summed E-state index contributed by atoms with van der Waals surface area (Å²) >= 11 is 0. The minimum atomic E-state index is 0.400. The van der Waals surface area contributed by atoms with E-state index in [2.05, 4.69) is 36.0 Å². The number of nitrogens with zero attached hydrogens (tertiary/aromatic N) is 2. The molecule has 0 amide bonds. The molecule has 1 N–H and O–H groups in total. The maximum Gasteiger partial charge on any atom is 0.0309 e. The molecule has 3 fully saturated rings. The van der Waals surface area contributed by atoms with Crippen LogP contribution >= 0.6 is 0 Å². The van der Waals surface area contributed by atoms with Gasteiger partial charge in [0.1, 0.15) is 0 Å². The summed E-state index contributed by atoms with van der Waals surface area (Å²) in [6.07, 6.45) is 6.99. The number of hydrogen-bond donors (Lipinski definition) is 1. The molecule has 3 nitrogen and oxygen atoms in total. The standard InChI is InChI=1S/C17H33N3/c1-4-16-11-18-17(2,15-5-6-15)13-20(16)12-14-7-9-19(3)10-8-14/h14-16,18H,4-13H2,1-3H3. The van der Waals surface area contributed by atoms with E-state index >= 15 is 0 Å². The molecule has 116 valence electrons. The van der Waals surface area contributed by atoms with Gasteiger partial charge in [-0.3, -0.25) is 4.90 Å². The summed E-state index contributed by atoms with van der Waals surface area (Å²) in [5, 5.41) is 3.88. The fourth-order valence-electron chi connectivity index (χ4n) is 4.27. The SMILES string of the molecule is CCC1CNC(C)(C2CC2)CN1CC1CCN(C)CC1. The normalized spacial score (nSPS) is 38.2. The van der Waals surface area contributed by atoms with Crippen LogP contribution < -0.4 is 5.32 Å². The number of likely N-dealkylation sites (tertiary alicyclic amines) is 1. The van der Waals surface area contributed by atoms with E-state index in [-0.39, 0.29) is 0 Å². The van der Waals surface area contributed by atoms with Crippen LogP contribution in [-0.2, 0) is 0 Å². The lowest BCUT2D eigenvalue weighted by molar-refractivity contribution is 0.0485. The Morgan fingerprint density at radius 3 is 2.45 bits per heavy atom. The van der Waals surface area contributed by atoms with E-state index in [0.29, 0.717) is 5.54 Å². The first kappa shape index (κ1) is 14.8. The van der Waals surface area contributed by atoms with Crippen LogP contribution in [0.4, 0.5) is 0 Å². The molecule has 0 radical (unpaired) electrons. The van der Waals surface area contributed by atoms with E-state index < -0.39 is 0 Å². The van der Waals surface area contributed by atoms with Crippen molar-refractivity contribution in [1.29, 1.82) is 0 Å². The zero-order valence-electron chi connectivity index (χ0n) is 13.7. The quantitative estimate of drug-likeness (QED) is 0.851. The molecule has 3 heteroatoms. The van der Waals surface area contributed by atoms with Gasteiger partial charge < -0.3 is 10.2 Å². The third-order valence-corrected chi connectivity index (χ3v) is 6.07. The van der Waals surface area contributed by atoms with E-state index in [1.54, 1.807) is 0 Å². The van der Waals surface area contributed by atoms with Gasteiger partial charge in [0.05, 0.1) is 0 Å². The summed E-state index contributed by atoms with van der Waals surface area (Å²) in [6.45, 7) is 11.3.